The van der Waals surface area contributed by atoms with E-state index in [1.807, 2.05) is 13.0 Å². The Kier molecular flexibility index (Phi) is 7.48. The van der Waals surface area contributed by atoms with Crippen molar-refractivity contribution in [3.63, 3.8) is 0 Å². The van der Waals surface area contributed by atoms with Crippen LogP contribution in [-0.2, 0) is 24.8 Å². The Morgan fingerprint density at radius 2 is 1.56 bits per heavy atom. The summed E-state index contributed by atoms with van der Waals surface area (Å²) in [6.45, 7) is 1.40. The molecule has 0 atom stereocenters. The molecular weight excluding hydrogens is 478 g/mol. The third kappa shape index (κ3) is 6.49. The number of hydrogen-bond donors (Lipinski definition) is 2. The maximum Gasteiger partial charge on any atom is 0.261 e. The minimum Gasteiger partial charge on any atom is -0.497 e. The first-order valence-electron chi connectivity index (χ1n) is 10.1. The smallest absolute Gasteiger partial charge is 0.261 e. The third-order valence-electron chi connectivity index (χ3n) is 4.77. The van der Waals surface area contributed by atoms with Crippen LogP contribution in [0.4, 0.5) is 17.1 Å². The number of anilines is 3. The SMILES string of the molecule is COc1ccc(N(CC(=O)Nc2ccc(S(=O)(=O)Nc3cccc(C)c3)cc2)S(C)(=O)=O)cc1. The minimum absolute atomic E-state index is 0.0167. The number of hydrogen-bond acceptors (Lipinski definition) is 6. The van der Waals surface area contributed by atoms with Gasteiger partial charge in [-0.25, -0.2) is 16.8 Å². The van der Waals surface area contributed by atoms with Gasteiger partial charge in [-0.3, -0.25) is 13.8 Å². The molecule has 0 saturated heterocycles. The molecule has 0 unspecified atom stereocenters. The van der Waals surface area contributed by atoms with Crippen LogP contribution in [0.2, 0.25) is 0 Å². The summed E-state index contributed by atoms with van der Waals surface area (Å²) in [6.07, 6.45) is 1.01. The standard InChI is InChI=1S/C23H25N3O6S2/c1-17-5-4-6-19(15-17)25-34(30,31)22-13-7-18(8-14-22)24-23(27)16-26(33(3,28)29)20-9-11-21(32-2)12-10-20/h4-15,25H,16H2,1-3H3,(H,24,27). The molecule has 3 rings (SSSR count). The molecule has 11 heteroatoms. The first-order valence-corrected chi connectivity index (χ1v) is 13.4. The van der Waals surface area contributed by atoms with Crippen LogP contribution in [0.1, 0.15) is 5.56 Å². The van der Waals surface area contributed by atoms with E-state index in [9.17, 15) is 21.6 Å². The summed E-state index contributed by atoms with van der Waals surface area (Å²) in [5.74, 6) is -0.0386. The number of amides is 1. The lowest BCUT2D eigenvalue weighted by Crippen LogP contribution is -2.37. The highest BCUT2D eigenvalue weighted by Crippen LogP contribution is 2.22. The molecule has 0 aliphatic rings. The van der Waals surface area contributed by atoms with Gasteiger partial charge in [0, 0.05) is 11.4 Å². The Morgan fingerprint density at radius 1 is 0.912 bits per heavy atom. The van der Waals surface area contributed by atoms with Crippen LogP contribution in [0.25, 0.3) is 0 Å². The number of benzene rings is 3. The van der Waals surface area contributed by atoms with Crippen molar-refractivity contribution in [1.29, 1.82) is 0 Å². The molecule has 0 aliphatic carbocycles. The first-order chi connectivity index (χ1) is 16.0. The molecule has 0 spiro atoms. The van der Waals surface area contributed by atoms with E-state index in [4.69, 9.17) is 4.74 Å². The molecule has 0 aliphatic heterocycles. The lowest BCUT2D eigenvalue weighted by molar-refractivity contribution is -0.114. The van der Waals surface area contributed by atoms with Crippen molar-refractivity contribution in [2.75, 3.05) is 34.3 Å². The Balaban J connectivity index is 1.70. The van der Waals surface area contributed by atoms with Crippen LogP contribution in [0.3, 0.4) is 0 Å². The summed E-state index contributed by atoms with van der Waals surface area (Å²) in [5.41, 5.74) is 1.98. The quantitative estimate of drug-likeness (QED) is 0.462. The molecule has 1 amide bonds. The predicted molar refractivity (Wildman–Crippen MR) is 132 cm³/mol. The normalized spacial score (nSPS) is 11.5. The molecule has 9 nitrogen and oxygen atoms in total. The Labute approximate surface area is 199 Å². The van der Waals surface area contributed by atoms with Crippen LogP contribution < -0.4 is 19.1 Å². The van der Waals surface area contributed by atoms with Crippen molar-refractivity contribution < 1.29 is 26.4 Å². The van der Waals surface area contributed by atoms with Crippen molar-refractivity contribution in [3.05, 3.63) is 78.4 Å². The summed E-state index contributed by atoms with van der Waals surface area (Å²) in [6, 6.07) is 18.8. The molecule has 3 aromatic carbocycles. The topological polar surface area (TPSA) is 122 Å². The van der Waals surface area contributed by atoms with Crippen molar-refractivity contribution in [3.8, 4) is 5.75 Å². The van der Waals surface area contributed by atoms with Gasteiger partial charge in [0.05, 0.1) is 23.9 Å². The summed E-state index contributed by atoms with van der Waals surface area (Å²) in [4.78, 5) is 12.6. The molecular formula is C23H25N3O6S2. The van der Waals surface area contributed by atoms with E-state index in [1.165, 1.54) is 43.5 Å². The number of sulfonamides is 2. The van der Waals surface area contributed by atoms with Gasteiger partial charge in [0.1, 0.15) is 12.3 Å². The highest BCUT2D eigenvalue weighted by atomic mass is 32.2. The summed E-state index contributed by atoms with van der Waals surface area (Å²) in [7, 11) is -6.06. The largest absolute Gasteiger partial charge is 0.497 e. The minimum atomic E-state index is -3.82. The molecule has 0 aromatic heterocycles. The van der Waals surface area contributed by atoms with E-state index in [1.54, 1.807) is 30.3 Å². The molecule has 2 N–H and O–H groups in total. The fourth-order valence-corrected chi connectivity index (χ4v) is 5.03. The van der Waals surface area contributed by atoms with Gasteiger partial charge in [0.25, 0.3) is 10.0 Å². The van der Waals surface area contributed by atoms with Crippen LogP contribution in [0, 0.1) is 6.92 Å². The molecule has 0 radical (unpaired) electrons. The van der Waals surface area contributed by atoms with Gasteiger partial charge in [-0.05, 0) is 73.2 Å². The lowest BCUT2D eigenvalue weighted by atomic mass is 10.2. The van der Waals surface area contributed by atoms with Gasteiger partial charge in [0.15, 0.2) is 0 Å². The number of carbonyl (C=O) groups is 1. The highest BCUT2D eigenvalue weighted by Gasteiger charge is 2.21. The zero-order chi connectivity index (χ0) is 24.9. The van der Waals surface area contributed by atoms with Crippen molar-refractivity contribution in [1.82, 2.24) is 0 Å². The Bertz CT molecular complexity index is 1370. The maximum atomic E-state index is 12.6. The molecule has 34 heavy (non-hydrogen) atoms. The number of aryl methyl sites for hydroxylation is 1. The first kappa shape index (κ1) is 25.1. The molecule has 0 bridgehead atoms. The van der Waals surface area contributed by atoms with Gasteiger partial charge >= 0.3 is 0 Å². The van der Waals surface area contributed by atoms with Gasteiger partial charge in [0.2, 0.25) is 15.9 Å². The Morgan fingerprint density at radius 3 is 2.12 bits per heavy atom. The zero-order valence-corrected chi connectivity index (χ0v) is 20.5. The molecule has 0 fully saturated rings. The number of nitrogens with one attached hydrogen (secondary N) is 2. The van der Waals surface area contributed by atoms with Gasteiger partial charge < -0.3 is 10.1 Å². The molecule has 180 valence electrons. The summed E-state index contributed by atoms with van der Waals surface area (Å²) >= 11 is 0. The maximum absolute atomic E-state index is 12.6. The van der Waals surface area contributed by atoms with Gasteiger partial charge in [-0.1, -0.05) is 12.1 Å². The van der Waals surface area contributed by atoms with E-state index in [2.05, 4.69) is 10.0 Å². The highest BCUT2D eigenvalue weighted by molar-refractivity contribution is 7.92. The van der Waals surface area contributed by atoms with Crippen LogP contribution in [0.15, 0.2) is 77.7 Å². The average molecular weight is 504 g/mol. The fraction of sp³-hybridized carbons (Fsp3) is 0.174. The monoisotopic (exact) mass is 503 g/mol. The van der Waals surface area contributed by atoms with Crippen LogP contribution >= 0.6 is 0 Å². The van der Waals surface area contributed by atoms with Gasteiger partial charge in [-0.15, -0.1) is 0 Å². The van der Waals surface area contributed by atoms with Gasteiger partial charge in [-0.2, -0.15) is 0 Å². The molecule has 0 saturated carbocycles. The number of methoxy groups -OCH3 is 1. The number of ether oxygens (including phenoxy) is 1. The lowest BCUT2D eigenvalue weighted by Gasteiger charge is -2.22. The summed E-state index contributed by atoms with van der Waals surface area (Å²) < 4.78 is 58.3. The van der Waals surface area contributed by atoms with E-state index in [-0.39, 0.29) is 4.90 Å². The van der Waals surface area contributed by atoms with Crippen molar-refractivity contribution in [2.24, 2.45) is 0 Å². The van der Waals surface area contributed by atoms with E-state index in [0.717, 1.165) is 16.1 Å². The van der Waals surface area contributed by atoms with E-state index >= 15 is 0 Å². The average Bonchev–Trinajstić information content (AvgIpc) is 2.77. The summed E-state index contributed by atoms with van der Waals surface area (Å²) in [5, 5.41) is 2.59. The number of rotatable bonds is 9. The fourth-order valence-electron chi connectivity index (χ4n) is 3.12. The van der Waals surface area contributed by atoms with Crippen molar-refractivity contribution >= 4 is 43.0 Å². The Hall–Kier alpha value is -3.57. The molecule has 0 heterocycles. The zero-order valence-electron chi connectivity index (χ0n) is 18.8. The second kappa shape index (κ2) is 10.1. The van der Waals surface area contributed by atoms with E-state index in [0.29, 0.717) is 22.8 Å². The predicted octanol–water partition coefficient (Wildman–Crippen LogP) is 3.21. The van der Waals surface area contributed by atoms with Crippen LogP contribution in [0.5, 0.6) is 5.75 Å². The molecule has 3 aromatic rings. The number of carbonyl (C=O) groups excluding carboxylic acids is 1. The second-order valence-electron chi connectivity index (χ2n) is 7.52. The third-order valence-corrected chi connectivity index (χ3v) is 7.30. The number of nitrogens with zero attached hydrogens (tertiary/aromatic N) is 1. The van der Waals surface area contributed by atoms with Crippen LogP contribution in [-0.4, -0.2) is 42.7 Å². The van der Waals surface area contributed by atoms with Crippen molar-refractivity contribution in [2.45, 2.75) is 11.8 Å². The second-order valence-corrected chi connectivity index (χ2v) is 11.1. The van der Waals surface area contributed by atoms with E-state index < -0.39 is 32.5 Å².